The summed E-state index contributed by atoms with van der Waals surface area (Å²) < 4.78 is 0. The van der Waals surface area contributed by atoms with Gasteiger partial charge in [-0.15, -0.1) is 0 Å². The van der Waals surface area contributed by atoms with Gasteiger partial charge < -0.3 is 5.32 Å². The van der Waals surface area contributed by atoms with Crippen LogP contribution < -0.4 is 5.32 Å². The Morgan fingerprint density at radius 2 is 2.00 bits per heavy atom. The molecule has 1 nitrogen and oxygen atoms in total. The quantitative estimate of drug-likeness (QED) is 0.706. The summed E-state index contributed by atoms with van der Waals surface area (Å²) in [6.45, 7) is 10.6. The van der Waals surface area contributed by atoms with Crippen LogP contribution in [-0.4, -0.2) is 12.6 Å². The van der Waals surface area contributed by atoms with Crippen molar-refractivity contribution in [1.82, 2.24) is 5.32 Å². The fraction of sp³-hybridized carbons (Fsp3) is 1.00. The molecule has 78 valence electrons. The van der Waals surface area contributed by atoms with Crippen LogP contribution in [0.3, 0.4) is 0 Å². The molecule has 0 aromatic carbocycles. The predicted molar refractivity (Wildman–Crippen MR) is 58.8 cm³/mol. The van der Waals surface area contributed by atoms with Crippen molar-refractivity contribution in [3.63, 3.8) is 0 Å². The second-order valence-electron chi connectivity index (χ2n) is 4.90. The van der Waals surface area contributed by atoms with E-state index in [2.05, 4.69) is 33.0 Å². The smallest absolute Gasteiger partial charge is 0.00955 e. The Balaban J connectivity index is 2.36. The molecule has 1 fully saturated rings. The highest BCUT2D eigenvalue weighted by atomic mass is 14.9. The Labute approximate surface area is 83.3 Å². The van der Waals surface area contributed by atoms with Crippen molar-refractivity contribution in [2.24, 2.45) is 17.8 Å². The third-order valence-corrected chi connectivity index (χ3v) is 3.63. The third-order valence-electron chi connectivity index (χ3n) is 3.63. The first-order valence-corrected chi connectivity index (χ1v) is 5.90. The summed E-state index contributed by atoms with van der Waals surface area (Å²) in [5, 5.41) is 3.67. The van der Waals surface area contributed by atoms with Crippen molar-refractivity contribution in [3.05, 3.63) is 0 Å². The van der Waals surface area contributed by atoms with E-state index in [0.717, 1.165) is 23.8 Å². The highest BCUT2D eigenvalue weighted by Crippen LogP contribution is 2.36. The number of hydrogen-bond donors (Lipinski definition) is 1. The molecular formula is C12H25N. The molecule has 0 heterocycles. The summed E-state index contributed by atoms with van der Waals surface area (Å²) in [7, 11) is 0. The minimum Gasteiger partial charge on any atom is -0.314 e. The molecule has 1 heteroatoms. The van der Waals surface area contributed by atoms with E-state index in [0.29, 0.717) is 0 Å². The zero-order chi connectivity index (χ0) is 9.84. The maximum atomic E-state index is 3.67. The van der Waals surface area contributed by atoms with Crippen LogP contribution in [-0.2, 0) is 0 Å². The zero-order valence-corrected chi connectivity index (χ0v) is 9.64. The van der Waals surface area contributed by atoms with E-state index in [4.69, 9.17) is 0 Å². The van der Waals surface area contributed by atoms with Gasteiger partial charge >= 0.3 is 0 Å². The minimum atomic E-state index is 0.798. The molecule has 0 bridgehead atoms. The summed E-state index contributed by atoms with van der Waals surface area (Å²) in [4.78, 5) is 0. The largest absolute Gasteiger partial charge is 0.314 e. The zero-order valence-electron chi connectivity index (χ0n) is 9.64. The van der Waals surface area contributed by atoms with Crippen LogP contribution in [0.1, 0.15) is 47.0 Å². The second-order valence-corrected chi connectivity index (χ2v) is 4.90. The lowest BCUT2D eigenvalue weighted by atomic mass is 9.86. The van der Waals surface area contributed by atoms with Crippen LogP contribution in [0.15, 0.2) is 0 Å². The molecule has 0 saturated heterocycles. The molecule has 1 N–H and O–H groups in total. The van der Waals surface area contributed by atoms with Crippen LogP contribution in [0.25, 0.3) is 0 Å². The van der Waals surface area contributed by atoms with Crippen molar-refractivity contribution >= 4 is 0 Å². The summed E-state index contributed by atoms with van der Waals surface area (Å²) >= 11 is 0. The van der Waals surface area contributed by atoms with Crippen molar-refractivity contribution in [1.29, 1.82) is 0 Å². The Kier molecular flexibility index (Phi) is 4.24. The first-order chi connectivity index (χ1) is 6.16. The molecule has 0 aromatic rings. The molecule has 13 heavy (non-hydrogen) atoms. The van der Waals surface area contributed by atoms with Crippen LogP contribution in [0.4, 0.5) is 0 Å². The Hall–Kier alpha value is -0.0400. The van der Waals surface area contributed by atoms with Crippen molar-refractivity contribution in [3.8, 4) is 0 Å². The van der Waals surface area contributed by atoms with Crippen molar-refractivity contribution in [2.75, 3.05) is 6.54 Å². The minimum absolute atomic E-state index is 0.798. The molecular weight excluding hydrogens is 158 g/mol. The van der Waals surface area contributed by atoms with Gasteiger partial charge in [0, 0.05) is 6.04 Å². The molecule has 1 saturated carbocycles. The molecule has 0 amide bonds. The van der Waals surface area contributed by atoms with Gasteiger partial charge in [-0.1, -0.05) is 27.7 Å². The topological polar surface area (TPSA) is 12.0 Å². The van der Waals surface area contributed by atoms with E-state index < -0.39 is 0 Å². The molecule has 0 radical (unpaired) electrons. The third kappa shape index (κ3) is 2.70. The van der Waals surface area contributed by atoms with E-state index in [1.807, 2.05) is 0 Å². The molecule has 3 unspecified atom stereocenters. The van der Waals surface area contributed by atoms with Gasteiger partial charge in [0.05, 0.1) is 0 Å². The maximum Gasteiger partial charge on any atom is 0.00955 e. The molecule has 3 atom stereocenters. The Morgan fingerprint density at radius 3 is 2.46 bits per heavy atom. The van der Waals surface area contributed by atoms with Gasteiger partial charge in [-0.3, -0.25) is 0 Å². The molecule has 0 spiro atoms. The van der Waals surface area contributed by atoms with Crippen LogP contribution in [0.2, 0.25) is 0 Å². The number of nitrogens with one attached hydrogen (secondary N) is 1. The highest BCUT2D eigenvalue weighted by molar-refractivity contribution is 4.87. The summed E-state index contributed by atoms with van der Waals surface area (Å²) in [6, 6.07) is 0.798. The van der Waals surface area contributed by atoms with E-state index in [1.165, 1.54) is 25.8 Å². The summed E-state index contributed by atoms with van der Waals surface area (Å²) in [6.07, 6.45) is 4.08. The summed E-state index contributed by atoms with van der Waals surface area (Å²) in [5.74, 6) is 2.70. The SMILES string of the molecule is CCCNC1CCC(C(C)C)C1C. The Bertz CT molecular complexity index is 142. The number of rotatable bonds is 4. The molecule has 0 aromatic heterocycles. The second kappa shape index (κ2) is 4.99. The monoisotopic (exact) mass is 183 g/mol. The predicted octanol–water partition coefficient (Wildman–Crippen LogP) is 3.06. The standard InChI is InChI=1S/C12H25N/c1-5-8-13-12-7-6-11(9(2)3)10(12)4/h9-13H,5-8H2,1-4H3. The first kappa shape index (κ1) is 11.0. The van der Waals surface area contributed by atoms with E-state index in [-0.39, 0.29) is 0 Å². The van der Waals surface area contributed by atoms with E-state index in [1.54, 1.807) is 0 Å². The lowest BCUT2D eigenvalue weighted by Gasteiger charge is -2.24. The first-order valence-electron chi connectivity index (χ1n) is 5.90. The lowest BCUT2D eigenvalue weighted by molar-refractivity contribution is 0.284. The van der Waals surface area contributed by atoms with Crippen LogP contribution >= 0.6 is 0 Å². The van der Waals surface area contributed by atoms with Gasteiger partial charge in [0.2, 0.25) is 0 Å². The fourth-order valence-electron chi connectivity index (χ4n) is 2.75. The Morgan fingerprint density at radius 1 is 1.31 bits per heavy atom. The lowest BCUT2D eigenvalue weighted by Crippen LogP contribution is -2.34. The number of hydrogen-bond acceptors (Lipinski definition) is 1. The van der Waals surface area contributed by atoms with Gasteiger partial charge in [-0.25, -0.2) is 0 Å². The van der Waals surface area contributed by atoms with Crippen LogP contribution in [0, 0.1) is 17.8 Å². The fourth-order valence-corrected chi connectivity index (χ4v) is 2.75. The normalized spacial score (nSPS) is 34.4. The van der Waals surface area contributed by atoms with Gasteiger partial charge in [-0.05, 0) is 43.6 Å². The van der Waals surface area contributed by atoms with Crippen molar-refractivity contribution in [2.45, 2.75) is 53.0 Å². The average molecular weight is 183 g/mol. The van der Waals surface area contributed by atoms with Gasteiger partial charge in [0.1, 0.15) is 0 Å². The van der Waals surface area contributed by atoms with E-state index in [9.17, 15) is 0 Å². The van der Waals surface area contributed by atoms with Crippen molar-refractivity contribution < 1.29 is 0 Å². The maximum absolute atomic E-state index is 3.67. The van der Waals surface area contributed by atoms with Gasteiger partial charge in [-0.2, -0.15) is 0 Å². The molecule has 1 aliphatic rings. The van der Waals surface area contributed by atoms with Gasteiger partial charge in [0.25, 0.3) is 0 Å². The van der Waals surface area contributed by atoms with Crippen LogP contribution in [0.5, 0.6) is 0 Å². The molecule has 0 aliphatic heterocycles. The van der Waals surface area contributed by atoms with Gasteiger partial charge in [0.15, 0.2) is 0 Å². The molecule has 1 rings (SSSR count). The highest BCUT2D eigenvalue weighted by Gasteiger charge is 2.33. The van der Waals surface area contributed by atoms with E-state index >= 15 is 0 Å². The summed E-state index contributed by atoms with van der Waals surface area (Å²) in [5.41, 5.74) is 0. The average Bonchev–Trinajstić information content (AvgIpc) is 2.43. The molecule has 1 aliphatic carbocycles.